The molecule has 1 amide bonds. The number of rotatable bonds is 4. The Morgan fingerprint density at radius 2 is 2.11 bits per heavy atom. The maximum atomic E-state index is 12.9. The fourth-order valence-electron chi connectivity index (χ4n) is 2.62. The van der Waals surface area contributed by atoms with E-state index in [0.29, 0.717) is 27.2 Å². The number of carbonyl (C=O) groups excluding carboxylic acids is 1. The Bertz CT molecular complexity index is 1220. The third-order valence-electron chi connectivity index (χ3n) is 3.92. The highest BCUT2D eigenvalue weighted by Gasteiger charge is 2.15. The van der Waals surface area contributed by atoms with E-state index in [1.807, 2.05) is 24.3 Å². The maximum Gasteiger partial charge on any atom is 0.262 e. The number of halogens is 1. The molecule has 0 aliphatic rings. The molecule has 0 saturated heterocycles. The zero-order valence-corrected chi connectivity index (χ0v) is 16.3. The first kappa shape index (κ1) is 18.2. The van der Waals surface area contributed by atoms with Crippen LogP contribution in [0.4, 0.5) is 10.8 Å². The summed E-state index contributed by atoms with van der Waals surface area (Å²) in [4.78, 5) is 21.5. The van der Waals surface area contributed by atoms with E-state index >= 15 is 0 Å². The van der Waals surface area contributed by atoms with Crippen molar-refractivity contribution in [2.75, 3.05) is 12.4 Å². The summed E-state index contributed by atoms with van der Waals surface area (Å²) in [5.74, 6) is 0.142. The number of fused-ring (bicyclic) bond motifs is 1. The highest BCUT2D eigenvalue weighted by molar-refractivity contribution is 7.13. The molecule has 4 aromatic rings. The van der Waals surface area contributed by atoms with E-state index in [1.54, 1.807) is 35.8 Å². The lowest BCUT2D eigenvalue weighted by Crippen LogP contribution is -2.21. The van der Waals surface area contributed by atoms with Gasteiger partial charge in [0.2, 0.25) is 5.55 Å². The molecule has 0 unspecified atom stereocenters. The zero-order valence-electron chi connectivity index (χ0n) is 14.7. The van der Waals surface area contributed by atoms with Crippen molar-refractivity contribution in [3.63, 3.8) is 0 Å². The van der Waals surface area contributed by atoms with Crippen molar-refractivity contribution in [2.45, 2.75) is 0 Å². The van der Waals surface area contributed by atoms with Crippen molar-refractivity contribution in [3.8, 4) is 5.75 Å². The van der Waals surface area contributed by atoms with Crippen LogP contribution in [-0.2, 0) is 0 Å². The summed E-state index contributed by atoms with van der Waals surface area (Å²) in [5.41, 5.74) is 1.48. The Balaban J connectivity index is 1.91. The van der Waals surface area contributed by atoms with Gasteiger partial charge in [-0.1, -0.05) is 29.8 Å². The molecule has 0 aliphatic carbocycles. The lowest BCUT2D eigenvalue weighted by Gasteiger charge is -2.07. The molecule has 140 valence electrons. The van der Waals surface area contributed by atoms with E-state index < -0.39 is 0 Å². The molecule has 0 saturated carbocycles. The summed E-state index contributed by atoms with van der Waals surface area (Å²) in [6.45, 7) is 0. The first-order valence-corrected chi connectivity index (χ1v) is 9.52. The lowest BCUT2D eigenvalue weighted by molar-refractivity contribution is 0.102. The minimum absolute atomic E-state index is 0.147. The first-order chi connectivity index (χ1) is 13.6. The second kappa shape index (κ2) is 7.84. The number of thiazole rings is 1. The Morgan fingerprint density at radius 1 is 1.25 bits per heavy atom. The Kier molecular flexibility index (Phi) is 5.10. The number of anilines is 1. The number of hydrogen-bond donors (Lipinski definition) is 1. The molecule has 0 fully saturated rings. The van der Waals surface area contributed by atoms with Crippen LogP contribution in [0.2, 0.25) is 5.02 Å². The number of ether oxygens (including phenoxy) is 1. The molecule has 8 heteroatoms. The third-order valence-corrected chi connectivity index (χ3v) is 4.84. The van der Waals surface area contributed by atoms with Crippen LogP contribution >= 0.6 is 22.9 Å². The van der Waals surface area contributed by atoms with Crippen LogP contribution in [0.15, 0.2) is 69.5 Å². The molecule has 28 heavy (non-hydrogen) atoms. The van der Waals surface area contributed by atoms with Crippen LogP contribution in [-0.4, -0.2) is 18.0 Å². The molecule has 4 rings (SSSR count). The summed E-state index contributed by atoms with van der Waals surface area (Å²) in [5, 5.41) is 6.31. The molecule has 2 heterocycles. The van der Waals surface area contributed by atoms with Gasteiger partial charge in [0.1, 0.15) is 22.6 Å². The number of nitrogens with zero attached hydrogens (tertiary/aromatic N) is 2. The SMILES string of the molecule is COc1ccc(Cl)cc1N=c1oc2ccccc2cc1C(=O)Nc1nccs1. The van der Waals surface area contributed by atoms with Gasteiger partial charge in [-0.15, -0.1) is 11.3 Å². The van der Waals surface area contributed by atoms with E-state index in [1.165, 1.54) is 18.4 Å². The van der Waals surface area contributed by atoms with Crippen LogP contribution in [0.25, 0.3) is 11.0 Å². The number of methoxy groups -OCH3 is 1. The van der Waals surface area contributed by atoms with Gasteiger partial charge in [-0.2, -0.15) is 0 Å². The van der Waals surface area contributed by atoms with Gasteiger partial charge in [0.05, 0.1) is 7.11 Å². The van der Waals surface area contributed by atoms with Crippen molar-refractivity contribution >= 4 is 50.6 Å². The summed E-state index contributed by atoms with van der Waals surface area (Å²) in [6, 6.07) is 14.2. The van der Waals surface area contributed by atoms with E-state index in [2.05, 4.69) is 15.3 Å². The van der Waals surface area contributed by atoms with E-state index in [0.717, 1.165) is 5.39 Å². The van der Waals surface area contributed by atoms with Crippen LogP contribution in [0.3, 0.4) is 0 Å². The van der Waals surface area contributed by atoms with Gasteiger partial charge in [-0.25, -0.2) is 9.98 Å². The fraction of sp³-hybridized carbons (Fsp3) is 0.0500. The molecular weight excluding hydrogens is 398 g/mol. The van der Waals surface area contributed by atoms with E-state index in [9.17, 15) is 4.79 Å². The average molecular weight is 412 g/mol. The quantitative estimate of drug-likeness (QED) is 0.510. The van der Waals surface area contributed by atoms with Crippen LogP contribution in [0.5, 0.6) is 5.75 Å². The number of hydrogen-bond acceptors (Lipinski definition) is 6. The Morgan fingerprint density at radius 3 is 2.89 bits per heavy atom. The predicted octanol–water partition coefficient (Wildman–Crippen LogP) is 5.04. The number of nitrogens with one attached hydrogen (secondary N) is 1. The topological polar surface area (TPSA) is 76.7 Å². The first-order valence-electron chi connectivity index (χ1n) is 8.26. The molecule has 0 spiro atoms. The number of benzene rings is 2. The molecule has 0 aliphatic heterocycles. The number of amides is 1. The molecule has 6 nitrogen and oxygen atoms in total. The highest BCUT2D eigenvalue weighted by atomic mass is 35.5. The predicted molar refractivity (Wildman–Crippen MR) is 110 cm³/mol. The lowest BCUT2D eigenvalue weighted by atomic mass is 10.1. The Hall–Kier alpha value is -3.16. The van der Waals surface area contributed by atoms with Gasteiger partial charge in [0, 0.05) is 22.0 Å². The summed E-state index contributed by atoms with van der Waals surface area (Å²) in [7, 11) is 1.54. The van der Waals surface area contributed by atoms with Gasteiger partial charge in [-0.3, -0.25) is 10.1 Å². The molecular formula is C20H14ClN3O3S. The standard InChI is InChI=1S/C20H14ClN3O3S/c1-26-17-7-6-13(21)11-15(17)23-19-14(18(25)24-20-22-8-9-28-20)10-12-4-2-3-5-16(12)27-19/h2-11H,1H3,(H,22,24,25). The van der Waals surface area contributed by atoms with Gasteiger partial charge in [0.25, 0.3) is 5.91 Å². The molecule has 1 N–H and O–H groups in total. The van der Waals surface area contributed by atoms with Gasteiger partial charge < -0.3 is 9.15 Å². The largest absolute Gasteiger partial charge is 0.494 e. The summed E-state index contributed by atoms with van der Waals surface area (Å²) < 4.78 is 11.3. The Labute approximate surface area is 169 Å². The van der Waals surface area contributed by atoms with Crippen LogP contribution < -0.4 is 15.6 Å². The zero-order chi connectivity index (χ0) is 19.5. The second-order valence-electron chi connectivity index (χ2n) is 5.72. The normalized spacial score (nSPS) is 11.6. The van der Waals surface area contributed by atoms with Crippen molar-refractivity contribution < 1.29 is 13.9 Å². The van der Waals surface area contributed by atoms with Gasteiger partial charge in [-0.05, 0) is 30.3 Å². The smallest absolute Gasteiger partial charge is 0.262 e. The summed E-state index contributed by atoms with van der Waals surface area (Å²) in [6.07, 6.45) is 1.62. The number of aromatic nitrogens is 1. The molecule has 0 radical (unpaired) electrons. The fourth-order valence-corrected chi connectivity index (χ4v) is 3.31. The van der Waals surface area contributed by atoms with Gasteiger partial charge in [0.15, 0.2) is 5.13 Å². The molecule has 0 atom stereocenters. The van der Waals surface area contributed by atoms with Gasteiger partial charge >= 0.3 is 0 Å². The maximum absolute atomic E-state index is 12.9. The van der Waals surface area contributed by atoms with E-state index in [-0.39, 0.29) is 17.0 Å². The minimum Gasteiger partial charge on any atom is -0.494 e. The highest BCUT2D eigenvalue weighted by Crippen LogP contribution is 2.30. The molecule has 2 aromatic heterocycles. The summed E-state index contributed by atoms with van der Waals surface area (Å²) >= 11 is 7.43. The number of carbonyl (C=O) groups is 1. The molecule has 0 bridgehead atoms. The number of para-hydroxylation sites is 1. The van der Waals surface area contributed by atoms with Crippen molar-refractivity contribution in [1.29, 1.82) is 0 Å². The monoisotopic (exact) mass is 411 g/mol. The second-order valence-corrected chi connectivity index (χ2v) is 7.05. The van der Waals surface area contributed by atoms with Crippen molar-refractivity contribution in [2.24, 2.45) is 4.99 Å². The van der Waals surface area contributed by atoms with Crippen LogP contribution in [0.1, 0.15) is 10.4 Å². The average Bonchev–Trinajstić information content (AvgIpc) is 3.20. The van der Waals surface area contributed by atoms with Crippen molar-refractivity contribution in [3.05, 3.63) is 76.2 Å². The van der Waals surface area contributed by atoms with E-state index in [4.69, 9.17) is 20.8 Å². The van der Waals surface area contributed by atoms with Crippen molar-refractivity contribution in [1.82, 2.24) is 4.98 Å². The third kappa shape index (κ3) is 3.76. The molecule has 2 aromatic carbocycles. The minimum atomic E-state index is -0.371. The van der Waals surface area contributed by atoms with Crippen LogP contribution in [0, 0.1) is 0 Å².